The van der Waals surface area contributed by atoms with Gasteiger partial charge in [0.25, 0.3) is 0 Å². The molecule has 0 fully saturated rings. The van der Waals surface area contributed by atoms with Crippen LogP contribution >= 0.6 is 11.6 Å². The van der Waals surface area contributed by atoms with E-state index in [1.54, 1.807) is 0 Å². The van der Waals surface area contributed by atoms with Gasteiger partial charge in [0.05, 0.1) is 17.1 Å². The molecule has 0 spiro atoms. The maximum atomic E-state index is 12.6. The van der Waals surface area contributed by atoms with Crippen molar-refractivity contribution in [3.05, 3.63) is 28.8 Å². The van der Waals surface area contributed by atoms with Crippen LogP contribution in [0, 0.1) is 0 Å². The van der Waals surface area contributed by atoms with Crippen molar-refractivity contribution in [1.29, 1.82) is 0 Å². The van der Waals surface area contributed by atoms with E-state index in [1.807, 2.05) is 5.32 Å². The van der Waals surface area contributed by atoms with Gasteiger partial charge >= 0.3 is 18.2 Å². The Bertz CT molecular complexity index is 551. The van der Waals surface area contributed by atoms with Crippen molar-refractivity contribution >= 4 is 29.3 Å². The predicted molar refractivity (Wildman–Crippen MR) is 67.1 cm³/mol. The Balaban J connectivity index is 2.71. The highest BCUT2D eigenvalue weighted by molar-refractivity contribution is 6.31. The molecule has 1 unspecified atom stereocenters. The molecule has 1 rings (SSSR count). The number of carboxylic acids is 1. The summed E-state index contributed by atoms with van der Waals surface area (Å²) in [6.07, 6.45) is -6.49. The molecule has 4 N–H and O–H groups in total. The first-order valence-electron chi connectivity index (χ1n) is 5.43. The van der Waals surface area contributed by atoms with Crippen LogP contribution in [0.3, 0.4) is 0 Å². The smallest absolute Gasteiger partial charge is 0.417 e. The van der Waals surface area contributed by atoms with Crippen LogP contribution in [0.15, 0.2) is 18.2 Å². The van der Waals surface area contributed by atoms with Crippen molar-refractivity contribution in [2.24, 2.45) is 0 Å². The van der Waals surface area contributed by atoms with Gasteiger partial charge in [-0.2, -0.15) is 13.2 Å². The number of rotatable bonds is 4. The van der Waals surface area contributed by atoms with Gasteiger partial charge in [0.15, 0.2) is 6.10 Å². The van der Waals surface area contributed by atoms with Crippen LogP contribution in [0.25, 0.3) is 0 Å². The normalized spacial score (nSPS) is 12.6. The summed E-state index contributed by atoms with van der Waals surface area (Å²) in [7, 11) is 0. The average Bonchev–Trinajstić information content (AvgIpc) is 2.36. The lowest BCUT2D eigenvalue weighted by Gasteiger charge is -2.12. The van der Waals surface area contributed by atoms with E-state index in [2.05, 4.69) is 5.32 Å². The molecule has 1 aromatic carbocycles. The number of aliphatic hydroxyl groups excluding tert-OH is 1. The summed E-state index contributed by atoms with van der Waals surface area (Å²) in [4.78, 5) is 21.6. The number of hydrogen-bond donors (Lipinski definition) is 4. The van der Waals surface area contributed by atoms with E-state index in [9.17, 15) is 22.8 Å². The number of amides is 2. The Hall–Kier alpha value is -2.00. The number of carboxylic acid groups (broad SMARTS) is 1. The molecule has 21 heavy (non-hydrogen) atoms. The van der Waals surface area contributed by atoms with E-state index in [-0.39, 0.29) is 5.69 Å². The van der Waals surface area contributed by atoms with Crippen molar-refractivity contribution in [3.63, 3.8) is 0 Å². The third-order valence-electron chi connectivity index (χ3n) is 2.27. The Labute approximate surface area is 121 Å². The number of hydrogen-bond acceptors (Lipinski definition) is 3. The minimum absolute atomic E-state index is 0.186. The van der Waals surface area contributed by atoms with Gasteiger partial charge in [-0.25, -0.2) is 9.59 Å². The zero-order valence-electron chi connectivity index (χ0n) is 10.2. The summed E-state index contributed by atoms with van der Waals surface area (Å²) in [6.45, 7) is -0.596. The van der Waals surface area contributed by atoms with Crippen molar-refractivity contribution in [1.82, 2.24) is 5.32 Å². The van der Waals surface area contributed by atoms with Crippen molar-refractivity contribution in [2.45, 2.75) is 12.3 Å². The fourth-order valence-corrected chi connectivity index (χ4v) is 1.50. The zero-order valence-corrected chi connectivity index (χ0v) is 11.0. The van der Waals surface area contributed by atoms with Crippen LogP contribution in [0.5, 0.6) is 0 Å². The lowest BCUT2D eigenvalue weighted by Crippen LogP contribution is -2.38. The number of benzene rings is 1. The fraction of sp³-hybridized carbons (Fsp3) is 0.273. The highest BCUT2D eigenvalue weighted by Gasteiger charge is 2.33. The predicted octanol–water partition coefficient (Wildman–Crippen LogP) is 1.93. The van der Waals surface area contributed by atoms with E-state index in [0.29, 0.717) is 6.07 Å². The number of carbonyl (C=O) groups is 2. The lowest BCUT2D eigenvalue weighted by molar-refractivity contribution is -0.146. The highest BCUT2D eigenvalue weighted by atomic mass is 35.5. The molecule has 0 radical (unpaired) electrons. The number of aliphatic hydroxyl groups is 1. The molecular weight excluding hydrogens is 317 g/mol. The van der Waals surface area contributed by atoms with Crippen LogP contribution in [-0.4, -0.2) is 34.9 Å². The number of alkyl halides is 3. The van der Waals surface area contributed by atoms with Crippen LogP contribution in [0.4, 0.5) is 23.7 Å². The molecule has 0 aliphatic heterocycles. The van der Waals surface area contributed by atoms with Crippen LogP contribution in [-0.2, 0) is 11.0 Å². The molecule has 6 nitrogen and oxygen atoms in total. The van der Waals surface area contributed by atoms with Crippen LogP contribution in [0.1, 0.15) is 5.56 Å². The summed E-state index contributed by atoms with van der Waals surface area (Å²) in [5.41, 5.74) is -1.30. The molecule has 1 aromatic rings. The Kier molecular flexibility index (Phi) is 5.39. The molecule has 1 atom stereocenters. The Morgan fingerprint density at radius 3 is 2.48 bits per heavy atom. The van der Waals surface area contributed by atoms with E-state index in [1.165, 1.54) is 0 Å². The summed E-state index contributed by atoms with van der Waals surface area (Å²) < 4.78 is 37.8. The number of aliphatic carboxylic acids is 1. The third kappa shape index (κ3) is 5.12. The van der Waals surface area contributed by atoms with Crippen LogP contribution < -0.4 is 10.6 Å². The van der Waals surface area contributed by atoms with Crippen LogP contribution in [0.2, 0.25) is 5.02 Å². The molecule has 0 saturated carbocycles. The highest BCUT2D eigenvalue weighted by Crippen LogP contribution is 2.36. The zero-order chi connectivity index (χ0) is 16.2. The SMILES string of the molecule is O=C(NCC(O)C(=O)O)Nc1ccc(Cl)c(C(F)(F)F)c1. The number of carbonyl (C=O) groups excluding carboxylic acids is 1. The summed E-state index contributed by atoms with van der Waals surface area (Å²) in [5.74, 6) is -1.54. The molecule has 0 bridgehead atoms. The quantitative estimate of drug-likeness (QED) is 0.679. The van der Waals surface area contributed by atoms with E-state index < -0.39 is 41.4 Å². The van der Waals surface area contributed by atoms with Gasteiger partial charge in [-0.3, -0.25) is 0 Å². The molecule has 116 valence electrons. The maximum absolute atomic E-state index is 12.6. The van der Waals surface area contributed by atoms with E-state index in [0.717, 1.165) is 12.1 Å². The third-order valence-corrected chi connectivity index (χ3v) is 2.60. The molecule has 10 heteroatoms. The number of urea groups is 1. The molecular formula is C11H10ClF3N2O4. The van der Waals surface area contributed by atoms with Crippen molar-refractivity contribution in [2.75, 3.05) is 11.9 Å². The van der Waals surface area contributed by atoms with Crippen molar-refractivity contribution in [3.8, 4) is 0 Å². The molecule has 0 aliphatic rings. The second-order valence-electron chi connectivity index (χ2n) is 3.88. The van der Waals surface area contributed by atoms with Gasteiger partial charge < -0.3 is 20.8 Å². The standard InChI is InChI=1S/C11H10ClF3N2O4/c12-7-2-1-5(3-6(7)11(13,14)15)17-10(21)16-4-8(18)9(19)20/h1-3,8,18H,4H2,(H,19,20)(H2,16,17,21). The van der Waals surface area contributed by atoms with Gasteiger partial charge in [-0.15, -0.1) is 0 Å². The molecule has 0 aliphatic carbocycles. The number of nitrogens with one attached hydrogen (secondary N) is 2. The number of halogens is 4. The van der Waals surface area contributed by atoms with Gasteiger partial charge in [0, 0.05) is 5.69 Å². The van der Waals surface area contributed by atoms with E-state index >= 15 is 0 Å². The molecule has 0 aromatic heterocycles. The molecule has 0 saturated heterocycles. The van der Waals surface area contributed by atoms with Gasteiger partial charge in [0.2, 0.25) is 0 Å². The second-order valence-corrected chi connectivity index (χ2v) is 4.29. The summed E-state index contributed by atoms with van der Waals surface area (Å²) in [5, 5.41) is 20.8. The van der Waals surface area contributed by atoms with Gasteiger partial charge in [0.1, 0.15) is 0 Å². The molecule has 2 amide bonds. The first kappa shape index (κ1) is 17.1. The van der Waals surface area contributed by atoms with Gasteiger partial charge in [-0.1, -0.05) is 11.6 Å². The minimum atomic E-state index is -4.68. The Morgan fingerprint density at radius 2 is 1.95 bits per heavy atom. The largest absolute Gasteiger partial charge is 0.479 e. The molecule has 0 heterocycles. The number of anilines is 1. The summed E-state index contributed by atoms with van der Waals surface area (Å²) in [6, 6.07) is 1.78. The lowest BCUT2D eigenvalue weighted by atomic mass is 10.2. The topological polar surface area (TPSA) is 98.7 Å². The average molecular weight is 327 g/mol. The second kappa shape index (κ2) is 6.64. The maximum Gasteiger partial charge on any atom is 0.417 e. The van der Waals surface area contributed by atoms with Gasteiger partial charge in [-0.05, 0) is 18.2 Å². The van der Waals surface area contributed by atoms with E-state index in [4.69, 9.17) is 21.8 Å². The fourth-order valence-electron chi connectivity index (χ4n) is 1.27. The Morgan fingerprint density at radius 1 is 1.33 bits per heavy atom. The summed E-state index contributed by atoms with van der Waals surface area (Å²) >= 11 is 5.41. The first-order valence-corrected chi connectivity index (χ1v) is 5.81. The van der Waals surface area contributed by atoms with Crippen molar-refractivity contribution < 1.29 is 33.0 Å². The minimum Gasteiger partial charge on any atom is -0.479 e. The monoisotopic (exact) mass is 326 g/mol. The first-order chi connectivity index (χ1) is 9.61.